The molecule has 0 bridgehead atoms. The first-order valence-corrected chi connectivity index (χ1v) is 5.12. The topological polar surface area (TPSA) is 3.24 Å². The van der Waals surface area contributed by atoms with Crippen LogP contribution in [0.25, 0.3) is 0 Å². The molecule has 0 spiro atoms. The molecule has 1 unspecified atom stereocenters. The summed E-state index contributed by atoms with van der Waals surface area (Å²) < 4.78 is 0. The van der Waals surface area contributed by atoms with E-state index in [1.807, 2.05) is 12.1 Å². The van der Waals surface area contributed by atoms with Gasteiger partial charge in [0.05, 0.1) is 0 Å². The summed E-state index contributed by atoms with van der Waals surface area (Å²) in [7, 11) is 0. The summed E-state index contributed by atoms with van der Waals surface area (Å²) in [6.07, 6.45) is 1.98. The molecule has 76 valence electrons. The van der Waals surface area contributed by atoms with Crippen LogP contribution in [0.15, 0.2) is 43.0 Å². The van der Waals surface area contributed by atoms with Crippen molar-refractivity contribution in [1.29, 1.82) is 0 Å². The van der Waals surface area contributed by atoms with Crippen LogP contribution in [-0.2, 0) is 0 Å². The third kappa shape index (κ3) is 2.38. The van der Waals surface area contributed by atoms with Gasteiger partial charge in [0.2, 0.25) is 0 Å². The first kappa shape index (κ1) is 10.8. The van der Waals surface area contributed by atoms with Crippen LogP contribution in [0, 0.1) is 0 Å². The largest absolute Gasteiger partial charge is 0.363 e. The van der Waals surface area contributed by atoms with Crippen LogP contribution in [0.5, 0.6) is 0 Å². The van der Waals surface area contributed by atoms with Crippen LogP contribution in [0.4, 0.5) is 5.69 Å². The molecule has 0 aliphatic rings. The van der Waals surface area contributed by atoms with E-state index in [0.29, 0.717) is 12.1 Å². The zero-order chi connectivity index (χ0) is 10.6. The van der Waals surface area contributed by atoms with Crippen molar-refractivity contribution in [2.75, 3.05) is 4.90 Å². The Bertz CT molecular complexity index is 277. The van der Waals surface area contributed by atoms with Gasteiger partial charge < -0.3 is 4.90 Å². The fraction of sp³-hybridized carbons (Fsp3) is 0.385. The number of hydrogen-bond donors (Lipinski definition) is 0. The minimum absolute atomic E-state index is 0.373. The van der Waals surface area contributed by atoms with Gasteiger partial charge in [0, 0.05) is 17.8 Å². The van der Waals surface area contributed by atoms with Crippen LogP contribution >= 0.6 is 0 Å². The molecule has 1 atom stereocenters. The predicted molar refractivity (Wildman–Crippen MR) is 63.7 cm³/mol. The highest BCUT2D eigenvalue weighted by atomic mass is 15.2. The highest BCUT2D eigenvalue weighted by molar-refractivity contribution is 5.48. The highest BCUT2D eigenvalue weighted by Gasteiger charge is 2.14. The summed E-state index contributed by atoms with van der Waals surface area (Å²) in [6, 6.07) is 11.3. The molecule has 0 N–H and O–H groups in total. The molecule has 0 aliphatic carbocycles. The molecule has 0 amide bonds. The van der Waals surface area contributed by atoms with Gasteiger partial charge >= 0.3 is 0 Å². The molecule has 0 saturated heterocycles. The summed E-state index contributed by atoms with van der Waals surface area (Å²) in [4.78, 5) is 2.35. The fourth-order valence-electron chi connectivity index (χ4n) is 1.72. The summed E-state index contributed by atoms with van der Waals surface area (Å²) in [6.45, 7) is 10.4. The number of benzene rings is 1. The lowest BCUT2D eigenvalue weighted by molar-refractivity contribution is 0.642. The lowest BCUT2D eigenvalue weighted by Crippen LogP contribution is -2.37. The number of hydrogen-bond acceptors (Lipinski definition) is 1. The Hall–Kier alpha value is -1.24. The van der Waals surface area contributed by atoms with E-state index in [4.69, 9.17) is 0 Å². The minimum atomic E-state index is 0.373. The summed E-state index contributed by atoms with van der Waals surface area (Å²) in [5.74, 6) is 0. The molecular weight excluding hydrogens is 170 g/mol. The average Bonchev–Trinajstić information content (AvgIpc) is 2.19. The molecule has 0 heterocycles. The van der Waals surface area contributed by atoms with Crippen LogP contribution in [0.2, 0.25) is 0 Å². The third-order valence-corrected chi connectivity index (χ3v) is 2.39. The Balaban J connectivity index is 2.94. The van der Waals surface area contributed by atoms with E-state index >= 15 is 0 Å². The number of anilines is 1. The molecule has 0 fully saturated rings. The molecule has 0 aromatic heterocycles. The molecule has 14 heavy (non-hydrogen) atoms. The summed E-state index contributed by atoms with van der Waals surface area (Å²) in [5, 5.41) is 0. The molecule has 1 heteroatoms. The van der Waals surface area contributed by atoms with Gasteiger partial charge in [-0.1, -0.05) is 24.3 Å². The van der Waals surface area contributed by atoms with E-state index in [1.165, 1.54) is 5.69 Å². The van der Waals surface area contributed by atoms with Gasteiger partial charge in [-0.2, -0.15) is 0 Å². The van der Waals surface area contributed by atoms with E-state index in [9.17, 15) is 0 Å². The standard InChI is InChI=1S/C13H19N/c1-5-12(4)14(11(2)3)13-9-7-6-8-10-13/h5-12H,1H2,2-4H3. The molecular formula is C13H19N. The second-order valence-electron chi connectivity index (χ2n) is 3.81. The number of rotatable bonds is 4. The quantitative estimate of drug-likeness (QED) is 0.655. The normalized spacial score (nSPS) is 12.6. The summed E-state index contributed by atoms with van der Waals surface area (Å²) in [5.41, 5.74) is 1.26. The van der Waals surface area contributed by atoms with Gasteiger partial charge in [-0.25, -0.2) is 0 Å². The van der Waals surface area contributed by atoms with E-state index in [0.717, 1.165) is 0 Å². The number of para-hydroxylation sites is 1. The Kier molecular flexibility index (Phi) is 3.75. The van der Waals surface area contributed by atoms with E-state index in [-0.39, 0.29) is 0 Å². The highest BCUT2D eigenvalue weighted by Crippen LogP contribution is 2.19. The van der Waals surface area contributed by atoms with Crippen molar-refractivity contribution >= 4 is 5.69 Å². The number of nitrogens with zero attached hydrogens (tertiary/aromatic N) is 1. The molecule has 1 nitrogen and oxygen atoms in total. The summed E-state index contributed by atoms with van der Waals surface area (Å²) >= 11 is 0. The van der Waals surface area contributed by atoms with Crippen molar-refractivity contribution in [3.8, 4) is 0 Å². The predicted octanol–water partition coefficient (Wildman–Crippen LogP) is 3.48. The molecule has 1 aromatic carbocycles. The first-order valence-electron chi connectivity index (χ1n) is 5.12. The van der Waals surface area contributed by atoms with Gasteiger partial charge in [-0.3, -0.25) is 0 Å². The van der Waals surface area contributed by atoms with Gasteiger partial charge in [0.25, 0.3) is 0 Å². The lowest BCUT2D eigenvalue weighted by Gasteiger charge is -2.33. The Morgan fingerprint density at radius 3 is 2.14 bits per heavy atom. The zero-order valence-corrected chi connectivity index (χ0v) is 9.27. The zero-order valence-electron chi connectivity index (χ0n) is 9.27. The molecule has 0 aliphatic heterocycles. The van der Waals surface area contributed by atoms with Crippen LogP contribution in [-0.4, -0.2) is 12.1 Å². The lowest BCUT2D eigenvalue weighted by atomic mass is 10.1. The van der Waals surface area contributed by atoms with Crippen LogP contribution in [0.1, 0.15) is 20.8 Å². The van der Waals surface area contributed by atoms with Crippen molar-refractivity contribution in [3.05, 3.63) is 43.0 Å². The van der Waals surface area contributed by atoms with Gasteiger partial charge in [-0.05, 0) is 32.9 Å². The molecule has 0 saturated carbocycles. The van der Waals surface area contributed by atoms with Crippen molar-refractivity contribution in [3.63, 3.8) is 0 Å². The molecule has 1 aromatic rings. The minimum Gasteiger partial charge on any atom is -0.363 e. The molecule has 1 rings (SSSR count). The molecule has 0 radical (unpaired) electrons. The smallest absolute Gasteiger partial charge is 0.0445 e. The van der Waals surface area contributed by atoms with Crippen molar-refractivity contribution in [2.24, 2.45) is 0 Å². The van der Waals surface area contributed by atoms with Gasteiger partial charge in [0.1, 0.15) is 0 Å². The van der Waals surface area contributed by atoms with Crippen molar-refractivity contribution in [2.45, 2.75) is 32.9 Å². The first-order chi connectivity index (χ1) is 6.66. The Morgan fingerprint density at radius 2 is 1.71 bits per heavy atom. The third-order valence-electron chi connectivity index (χ3n) is 2.39. The Labute approximate surface area is 87.1 Å². The van der Waals surface area contributed by atoms with E-state index < -0.39 is 0 Å². The maximum Gasteiger partial charge on any atom is 0.0445 e. The monoisotopic (exact) mass is 189 g/mol. The second kappa shape index (κ2) is 4.85. The average molecular weight is 189 g/mol. The van der Waals surface area contributed by atoms with Crippen LogP contribution in [0.3, 0.4) is 0 Å². The van der Waals surface area contributed by atoms with E-state index in [1.54, 1.807) is 0 Å². The van der Waals surface area contributed by atoms with Crippen LogP contribution < -0.4 is 4.90 Å². The maximum atomic E-state index is 3.85. The van der Waals surface area contributed by atoms with E-state index in [2.05, 4.69) is 56.5 Å². The van der Waals surface area contributed by atoms with Crippen molar-refractivity contribution in [1.82, 2.24) is 0 Å². The second-order valence-corrected chi connectivity index (χ2v) is 3.81. The van der Waals surface area contributed by atoms with Gasteiger partial charge in [-0.15, -0.1) is 6.58 Å². The SMILES string of the molecule is C=CC(C)N(c1ccccc1)C(C)C. The van der Waals surface area contributed by atoms with Crippen molar-refractivity contribution < 1.29 is 0 Å². The van der Waals surface area contributed by atoms with Gasteiger partial charge in [0.15, 0.2) is 0 Å². The Morgan fingerprint density at radius 1 is 1.14 bits per heavy atom. The maximum absolute atomic E-state index is 3.85. The fourth-order valence-corrected chi connectivity index (χ4v) is 1.72.